The van der Waals surface area contributed by atoms with Gasteiger partial charge in [-0.3, -0.25) is 4.79 Å². The quantitative estimate of drug-likeness (QED) is 0.643. The number of aliphatic hydroxyl groups is 1. The zero-order valence-corrected chi connectivity index (χ0v) is 16.3. The van der Waals surface area contributed by atoms with Crippen LogP contribution in [-0.2, 0) is 25.5 Å². The summed E-state index contributed by atoms with van der Waals surface area (Å²) in [7, 11) is 1.21. The Bertz CT molecular complexity index is 775. The molecule has 2 aromatic rings. The summed E-state index contributed by atoms with van der Waals surface area (Å²) >= 11 is 0. The maximum Gasteiger partial charge on any atom is 0.344 e. The molecule has 0 amide bonds. The molecule has 2 aromatic carbocycles. The van der Waals surface area contributed by atoms with Crippen LogP contribution >= 0.6 is 0 Å². The number of hydrogen-bond donors (Lipinski definition) is 2. The van der Waals surface area contributed by atoms with Gasteiger partial charge in [-0.25, -0.2) is 4.79 Å². The highest BCUT2D eigenvalue weighted by atomic mass is 16.6. The summed E-state index contributed by atoms with van der Waals surface area (Å²) in [5.74, 6) is -1.33. The number of rotatable bonds is 9. The molecule has 0 heterocycles. The minimum atomic E-state index is -1.18. The Morgan fingerprint density at radius 2 is 1.68 bits per heavy atom. The molecule has 150 valence electrons. The van der Waals surface area contributed by atoms with Gasteiger partial charge in [0.1, 0.15) is 0 Å². The lowest BCUT2D eigenvalue weighted by Crippen LogP contribution is -2.41. The van der Waals surface area contributed by atoms with Crippen LogP contribution in [0.1, 0.15) is 18.9 Å². The second kappa shape index (κ2) is 10.0. The van der Waals surface area contributed by atoms with Crippen LogP contribution in [0, 0.1) is 5.41 Å². The fraction of sp³-hybridized carbons (Fsp3) is 0.364. The lowest BCUT2D eigenvalue weighted by Gasteiger charge is -2.28. The van der Waals surface area contributed by atoms with Gasteiger partial charge in [0, 0.05) is 6.04 Å². The number of benzene rings is 2. The smallest absolute Gasteiger partial charge is 0.344 e. The van der Waals surface area contributed by atoms with Crippen molar-refractivity contribution in [1.82, 2.24) is 0 Å². The number of carbonyl (C=O) groups is 2. The molecular weight excluding hydrogens is 358 g/mol. The van der Waals surface area contributed by atoms with Crippen molar-refractivity contribution in [3.63, 3.8) is 0 Å². The highest BCUT2D eigenvalue weighted by molar-refractivity contribution is 5.80. The largest absolute Gasteiger partial charge is 0.466 e. The first-order valence-corrected chi connectivity index (χ1v) is 9.13. The van der Waals surface area contributed by atoms with Crippen molar-refractivity contribution in [3.8, 4) is 11.1 Å². The van der Waals surface area contributed by atoms with E-state index in [1.54, 1.807) is 6.92 Å². The van der Waals surface area contributed by atoms with Gasteiger partial charge in [-0.2, -0.15) is 0 Å². The normalized spacial score (nSPS) is 14.0. The fourth-order valence-electron chi connectivity index (χ4n) is 2.99. The van der Waals surface area contributed by atoms with Crippen LogP contribution in [0.25, 0.3) is 11.1 Å². The molecular formula is C22H27NO5. The number of ether oxygens (including phenoxy) is 2. The predicted molar refractivity (Wildman–Crippen MR) is 106 cm³/mol. The van der Waals surface area contributed by atoms with Gasteiger partial charge in [-0.05, 0) is 36.5 Å². The van der Waals surface area contributed by atoms with Crippen molar-refractivity contribution >= 4 is 11.9 Å². The van der Waals surface area contributed by atoms with E-state index < -0.39 is 30.6 Å². The van der Waals surface area contributed by atoms with Crippen molar-refractivity contribution in [3.05, 3.63) is 60.2 Å². The van der Waals surface area contributed by atoms with Crippen LogP contribution in [0.15, 0.2) is 54.6 Å². The Morgan fingerprint density at radius 1 is 1.07 bits per heavy atom. The summed E-state index contributed by atoms with van der Waals surface area (Å²) in [4.78, 5) is 23.4. The van der Waals surface area contributed by atoms with Gasteiger partial charge in [0.05, 0.1) is 19.1 Å². The third kappa shape index (κ3) is 5.90. The summed E-state index contributed by atoms with van der Waals surface area (Å²) < 4.78 is 9.38. The molecule has 0 spiro atoms. The highest BCUT2D eigenvalue weighted by Crippen LogP contribution is 2.26. The van der Waals surface area contributed by atoms with Crippen LogP contribution in [0.3, 0.4) is 0 Å². The molecule has 0 saturated heterocycles. The standard InChI is InChI=1S/C22H27NO5/c1-22(15-24,21(26)28-14-20(25)27-2)13-19(23)12-16-8-10-18(11-9-16)17-6-4-3-5-7-17/h3-11,19,24H,12-15,23H2,1-2H3. The van der Waals surface area contributed by atoms with Crippen molar-refractivity contribution in [2.45, 2.75) is 25.8 Å². The van der Waals surface area contributed by atoms with E-state index in [4.69, 9.17) is 10.5 Å². The molecule has 6 heteroatoms. The zero-order valence-electron chi connectivity index (χ0n) is 16.3. The number of hydrogen-bond acceptors (Lipinski definition) is 6. The summed E-state index contributed by atoms with van der Waals surface area (Å²) in [6.07, 6.45) is 0.777. The third-order valence-corrected chi connectivity index (χ3v) is 4.66. The second-order valence-corrected chi connectivity index (χ2v) is 7.10. The summed E-state index contributed by atoms with van der Waals surface area (Å²) in [5.41, 5.74) is 8.33. The minimum absolute atomic E-state index is 0.226. The van der Waals surface area contributed by atoms with E-state index in [1.807, 2.05) is 54.6 Å². The van der Waals surface area contributed by atoms with Crippen molar-refractivity contribution in [2.24, 2.45) is 11.1 Å². The summed E-state index contributed by atoms with van der Waals surface area (Å²) in [6, 6.07) is 17.8. The molecule has 0 saturated carbocycles. The number of methoxy groups -OCH3 is 1. The number of carbonyl (C=O) groups excluding carboxylic acids is 2. The van der Waals surface area contributed by atoms with E-state index in [-0.39, 0.29) is 12.5 Å². The molecule has 0 aliphatic carbocycles. The van der Waals surface area contributed by atoms with Gasteiger partial charge < -0.3 is 20.3 Å². The van der Waals surface area contributed by atoms with Crippen LogP contribution < -0.4 is 5.73 Å². The molecule has 0 aliphatic rings. The average molecular weight is 385 g/mol. The first-order valence-electron chi connectivity index (χ1n) is 9.13. The Kier molecular flexibility index (Phi) is 7.72. The van der Waals surface area contributed by atoms with E-state index in [1.165, 1.54) is 7.11 Å². The Balaban J connectivity index is 1.96. The lowest BCUT2D eigenvalue weighted by atomic mass is 9.83. The van der Waals surface area contributed by atoms with E-state index in [0.29, 0.717) is 6.42 Å². The molecule has 2 atom stereocenters. The molecule has 0 fully saturated rings. The second-order valence-electron chi connectivity index (χ2n) is 7.10. The monoisotopic (exact) mass is 385 g/mol. The van der Waals surface area contributed by atoms with Crippen LogP contribution in [0.5, 0.6) is 0 Å². The Labute approximate surface area is 165 Å². The van der Waals surface area contributed by atoms with Crippen molar-refractivity contribution in [1.29, 1.82) is 0 Å². The third-order valence-electron chi connectivity index (χ3n) is 4.66. The zero-order chi connectivity index (χ0) is 20.6. The van der Waals surface area contributed by atoms with E-state index in [9.17, 15) is 14.7 Å². The van der Waals surface area contributed by atoms with E-state index in [2.05, 4.69) is 4.74 Å². The maximum atomic E-state index is 12.3. The van der Waals surface area contributed by atoms with Crippen molar-refractivity contribution < 1.29 is 24.2 Å². The SMILES string of the molecule is COC(=O)COC(=O)C(C)(CO)CC(N)Cc1ccc(-c2ccccc2)cc1. The van der Waals surface area contributed by atoms with Crippen LogP contribution in [0.4, 0.5) is 0 Å². The lowest BCUT2D eigenvalue weighted by molar-refractivity contribution is -0.166. The van der Waals surface area contributed by atoms with E-state index in [0.717, 1.165) is 16.7 Å². The first-order chi connectivity index (χ1) is 13.4. The first kappa shape index (κ1) is 21.6. The molecule has 0 aromatic heterocycles. The molecule has 3 N–H and O–H groups in total. The maximum absolute atomic E-state index is 12.3. The molecule has 0 aliphatic heterocycles. The number of esters is 2. The van der Waals surface area contributed by atoms with Gasteiger partial charge in [-0.1, -0.05) is 54.6 Å². The van der Waals surface area contributed by atoms with E-state index >= 15 is 0 Å². The fourth-order valence-corrected chi connectivity index (χ4v) is 2.99. The Hall–Kier alpha value is -2.70. The van der Waals surface area contributed by atoms with Crippen LogP contribution in [0.2, 0.25) is 0 Å². The molecule has 0 radical (unpaired) electrons. The minimum Gasteiger partial charge on any atom is -0.466 e. The summed E-state index contributed by atoms with van der Waals surface area (Å²) in [5, 5.41) is 9.68. The molecule has 28 heavy (non-hydrogen) atoms. The Morgan fingerprint density at radius 3 is 2.25 bits per heavy atom. The van der Waals surface area contributed by atoms with Crippen molar-refractivity contribution in [2.75, 3.05) is 20.3 Å². The van der Waals surface area contributed by atoms with Gasteiger partial charge in [-0.15, -0.1) is 0 Å². The van der Waals surface area contributed by atoms with Gasteiger partial charge in [0.25, 0.3) is 0 Å². The molecule has 6 nitrogen and oxygen atoms in total. The summed E-state index contributed by atoms with van der Waals surface area (Å²) in [6.45, 7) is 0.666. The van der Waals surface area contributed by atoms with Gasteiger partial charge in [0.15, 0.2) is 6.61 Å². The predicted octanol–water partition coefficient (Wildman–Crippen LogP) is 2.33. The average Bonchev–Trinajstić information content (AvgIpc) is 2.72. The van der Waals surface area contributed by atoms with Gasteiger partial charge >= 0.3 is 11.9 Å². The molecule has 2 rings (SSSR count). The number of nitrogens with two attached hydrogens (primary N) is 1. The highest BCUT2D eigenvalue weighted by Gasteiger charge is 2.36. The van der Waals surface area contributed by atoms with Crippen LogP contribution in [-0.4, -0.2) is 43.4 Å². The van der Waals surface area contributed by atoms with Gasteiger partial charge in [0.2, 0.25) is 0 Å². The molecule has 0 bridgehead atoms. The number of aliphatic hydroxyl groups excluding tert-OH is 1. The topological polar surface area (TPSA) is 98.8 Å². The molecule has 2 unspecified atom stereocenters.